The molecule has 2 aromatic carbocycles. The number of urea groups is 1. The Kier molecular flexibility index (Phi) is 4.65. The molecule has 0 fully saturated rings. The number of likely N-dealkylation sites (N-methyl/N-ethyl adjacent to an activating group) is 1. The lowest BCUT2D eigenvalue weighted by Crippen LogP contribution is -2.43. The zero-order valence-electron chi connectivity index (χ0n) is 14.9. The minimum Gasteiger partial charge on any atom is -0.486 e. The Hall–Kier alpha value is -3.48. The van der Waals surface area contributed by atoms with E-state index in [1.807, 2.05) is 60.8 Å². The zero-order valence-corrected chi connectivity index (χ0v) is 14.9. The van der Waals surface area contributed by atoms with Crippen LogP contribution in [0.4, 0.5) is 10.5 Å². The molecule has 0 unspecified atom stereocenters. The predicted octanol–water partition coefficient (Wildman–Crippen LogP) is 3.18. The fourth-order valence-corrected chi connectivity index (χ4v) is 2.94. The van der Waals surface area contributed by atoms with E-state index in [0.717, 1.165) is 11.4 Å². The number of ether oxygens (including phenoxy) is 2. The van der Waals surface area contributed by atoms with Crippen LogP contribution in [0.5, 0.6) is 11.5 Å². The van der Waals surface area contributed by atoms with Crippen molar-refractivity contribution in [3.63, 3.8) is 0 Å². The van der Waals surface area contributed by atoms with Crippen molar-refractivity contribution in [2.24, 2.45) is 0 Å². The first-order valence-electron chi connectivity index (χ1n) is 8.70. The summed E-state index contributed by atoms with van der Waals surface area (Å²) in [7, 11) is 1.73. The monoisotopic (exact) mass is 364 g/mol. The average molecular weight is 364 g/mol. The van der Waals surface area contributed by atoms with Gasteiger partial charge in [0, 0.05) is 19.4 Å². The van der Waals surface area contributed by atoms with Crippen molar-refractivity contribution in [3.8, 4) is 17.2 Å². The van der Waals surface area contributed by atoms with Crippen LogP contribution >= 0.6 is 0 Å². The number of benzene rings is 2. The Morgan fingerprint density at radius 2 is 1.96 bits per heavy atom. The largest absolute Gasteiger partial charge is 0.486 e. The fraction of sp³-hybridized carbons (Fsp3) is 0.200. The number of aromatic nitrogens is 2. The molecule has 0 bridgehead atoms. The van der Waals surface area contributed by atoms with Crippen LogP contribution in [-0.4, -0.2) is 47.0 Å². The van der Waals surface area contributed by atoms with Gasteiger partial charge in [-0.2, -0.15) is 5.10 Å². The number of nitrogens with one attached hydrogen (secondary N) is 1. The van der Waals surface area contributed by atoms with Crippen molar-refractivity contribution in [2.75, 3.05) is 25.5 Å². The van der Waals surface area contributed by atoms with Gasteiger partial charge in [0.15, 0.2) is 17.6 Å². The summed E-state index contributed by atoms with van der Waals surface area (Å²) >= 11 is 0. The second-order valence-electron chi connectivity index (χ2n) is 6.28. The van der Waals surface area contributed by atoms with Crippen molar-refractivity contribution in [1.29, 1.82) is 0 Å². The number of anilines is 1. The van der Waals surface area contributed by atoms with Gasteiger partial charge in [-0.1, -0.05) is 24.3 Å². The molecule has 1 aliphatic rings. The Labute approximate surface area is 157 Å². The van der Waals surface area contributed by atoms with Crippen molar-refractivity contribution in [2.45, 2.75) is 6.10 Å². The SMILES string of the molecule is CN(C[C@H]1COc2ccccc2O1)C(=O)Nc1ccccc1-n1cccn1. The molecule has 1 atom stereocenters. The zero-order chi connectivity index (χ0) is 18.6. The summed E-state index contributed by atoms with van der Waals surface area (Å²) in [5, 5.41) is 7.17. The number of hydrogen-bond donors (Lipinski definition) is 1. The number of rotatable bonds is 4. The van der Waals surface area contributed by atoms with Gasteiger partial charge in [0.1, 0.15) is 6.61 Å². The first-order valence-corrected chi connectivity index (χ1v) is 8.70. The van der Waals surface area contributed by atoms with Crippen LogP contribution in [0, 0.1) is 0 Å². The Balaban J connectivity index is 1.41. The number of fused-ring (bicyclic) bond motifs is 1. The first kappa shape index (κ1) is 17.0. The van der Waals surface area contributed by atoms with E-state index in [9.17, 15) is 4.79 Å². The molecule has 138 valence electrons. The lowest BCUT2D eigenvalue weighted by molar-refractivity contribution is 0.0731. The maximum atomic E-state index is 12.6. The van der Waals surface area contributed by atoms with E-state index in [1.165, 1.54) is 0 Å². The molecule has 1 N–H and O–H groups in total. The summed E-state index contributed by atoms with van der Waals surface area (Å²) in [6, 6.07) is 16.7. The smallest absolute Gasteiger partial charge is 0.321 e. The van der Waals surface area contributed by atoms with Crippen LogP contribution in [0.2, 0.25) is 0 Å². The van der Waals surface area contributed by atoms with Gasteiger partial charge in [-0.05, 0) is 30.3 Å². The predicted molar refractivity (Wildman–Crippen MR) is 102 cm³/mol. The van der Waals surface area contributed by atoms with Gasteiger partial charge in [0.05, 0.1) is 17.9 Å². The summed E-state index contributed by atoms with van der Waals surface area (Å²) in [5.41, 5.74) is 1.49. The number of carbonyl (C=O) groups excluding carboxylic acids is 1. The van der Waals surface area contributed by atoms with Gasteiger partial charge in [0.25, 0.3) is 0 Å². The Bertz CT molecular complexity index is 926. The molecular weight excluding hydrogens is 344 g/mol. The Morgan fingerprint density at radius 3 is 2.78 bits per heavy atom. The van der Waals surface area contributed by atoms with Gasteiger partial charge in [0.2, 0.25) is 0 Å². The van der Waals surface area contributed by atoms with Crippen molar-refractivity contribution in [1.82, 2.24) is 14.7 Å². The molecule has 7 nitrogen and oxygen atoms in total. The highest BCUT2D eigenvalue weighted by molar-refractivity contribution is 5.91. The third-order valence-electron chi connectivity index (χ3n) is 4.29. The molecule has 0 saturated carbocycles. The quantitative estimate of drug-likeness (QED) is 0.772. The molecule has 7 heteroatoms. The maximum absolute atomic E-state index is 12.6. The van der Waals surface area contributed by atoms with Crippen LogP contribution in [0.15, 0.2) is 67.0 Å². The third-order valence-corrected chi connectivity index (χ3v) is 4.29. The Morgan fingerprint density at radius 1 is 1.19 bits per heavy atom. The second-order valence-corrected chi connectivity index (χ2v) is 6.28. The van der Waals surface area contributed by atoms with Gasteiger partial charge < -0.3 is 19.7 Å². The molecule has 27 heavy (non-hydrogen) atoms. The number of carbonyl (C=O) groups is 1. The van der Waals surface area contributed by atoms with Gasteiger partial charge in [-0.15, -0.1) is 0 Å². The fourth-order valence-electron chi connectivity index (χ4n) is 2.94. The van der Waals surface area contributed by atoms with Gasteiger partial charge in [-0.3, -0.25) is 0 Å². The first-order chi connectivity index (χ1) is 13.2. The summed E-state index contributed by atoms with van der Waals surface area (Å²) in [6.07, 6.45) is 3.31. The standard InChI is InChI=1S/C20H20N4O3/c1-23(13-15-14-26-18-9-4-5-10-19(18)27-15)20(25)22-16-7-2-3-8-17(16)24-12-6-11-21-24/h2-12,15H,13-14H2,1H3,(H,22,25)/t15-/m0/s1. The molecule has 0 saturated heterocycles. The minimum atomic E-state index is -0.225. The van der Waals surface area contributed by atoms with E-state index in [0.29, 0.717) is 24.6 Å². The third kappa shape index (κ3) is 3.72. The van der Waals surface area contributed by atoms with Crippen LogP contribution in [0.3, 0.4) is 0 Å². The van der Waals surface area contributed by atoms with Crippen molar-refractivity contribution < 1.29 is 14.3 Å². The minimum absolute atomic E-state index is 0.225. The highest BCUT2D eigenvalue weighted by Gasteiger charge is 2.24. The average Bonchev–Trinajstić information content (AvgIpc) is 3.23. The second kappa shape index (κ2) is 7.41. The highest BCUT2D eigenvalue weighted by Crippen LogP contribution is 2.31. The molecule has 0 spiro atoms. The molecule has 4 rings (SSSR count). The molecule has 2 amide bonds. The number of nitrogens with zero attached hydrogens (tertiary/aromatic N) is 3. The summed E-state index contributed by atoms with van der Waals surface area (Å²) < 4.78 is 13.3. The van der Waals surface area contributed by atoms with Gasteiger partial charge >= 0.3 is 6.03 Å². The van der Waals surface area contributed by atoms with Crippen LogP contribution in [0.25, 0.3) is 5.69 Å². The molecule has 0 radical (unpaired) electrons. The van der Waals surface area contributed by atoms with E-state index in [4.69, 9.17) is 9.47 Å². The van der Waals surface area contributed by atoms with Crippen molar-refractivity contribution in [3.05, 3.63) is 67.0 Å². The van der Waals surface area contributed by atoms with Crippen LogP contribution in [-0.2, 0) is 0 Å². The lowest BCUT2D eigenvalue weighted by atomic mass is 10.2. The lowest BCUT2D eigenvalue weighted by Gasteiger charge is -2.29. The molecule has 1 aliphatic heterocycles. The van der Waals surface area contributed by atoms with Gasteiger partial charge in [-0.25, -0.2) is 9.48 Å². The van der Waals surface area contributed by atoms with Crippen LogP contribution in [0.1, 0.15) is 0 Å². The highest BCUT2D eigenvalue weighted by atomic mass is 16.6. The number of hydrogen-bond acceptors (Lipinski definition) is 4. The number of para-hydroxylation sites is 4. The summed E-state index contributed by atoms with van der Waals surface area (Å²) in [4.78, 5) is 14.2. The van der Waals surface area contributed by atoms with E-state index in [-0.39, 0.29) is 12.1 Å². The van der Waals surface area contributed by atoms with Crippen molar-refractivity contribution >= 4 is 11.7 Å². The molecule has 0 aliphatic carbocycles. The van der Waals surface area contributed by atoms with E-state index < -0.39 is 0 Å². The molecule has 2 heterocycles. The summed E-state index contributed by atoms with van der Waals surface area (Å²) in [5.74, 6) is 1.43. The topological polar surface area (TPSA) is 68.6 Å². The molecule has 1 aromatic heterocycles. The van der Waals surface area contributed by atoms with E-state index in [2.05, 4.69) is 10.4 Å². The van der Waals surface area contributed by atoms with Crippen LogP contribution < -0.4 is 14.8 Å². The maximum Gasteiger partial charge on any atom is 0.321 e. The number of amides is 2. The summed E-state index contributed by atoms with van der Waals surface area (Å²) in [6.45, 7) is 0.808. The van der Waals surface area contributed by atoms with E-state index in [1.54, 1.807) is 22.8 Å². The molecule has 3 aromatic rings. The normalized spacial score (nSPS) is 15.2. The molecular formula is C20H20N4O3. The van der Waals surface area contributed by atoms with E-state index >= 15 is 0 Å².